The van der Waals surface area contributed by atoms with Crippen molar-refractivity contribution >= 4 is 11.6 Å². The summed E-state index contributed by atoms with van der Waals surface area (Å²) >= 11 is 6.34. The predicted octanol–water partition coefficient (Wildman–Crippen LogP) is 3.19. The Kier molecular flexibility index (Phi) is 3.23. The number of benzene rings is 1. The number of hydrogen-bond acceptors (Lipinski definition) is 6. The molecule has 2 fully saturated rings. The third-order valence-electron chi connectivity index (χ3n) is 4.96. The highest BCUT2D eigenvalue weighted by Crippen LogP contribution is 2.41. The maximum Gasteiger partial charge on any atom is 0.297 e. The standard InChI is InChI=1S/C17H17ClN6O/c18-11-4-1-2-5-12(11)24-14(10-6-7-10)20-13(22-24)15-21-16(23-25-15)17(19)8-3-9-17/h1-2,4-5,10H,3,6-9,19H2. The van der Waals surface area contributed by atoms with Crippen molar-refractivity contribution in [1.29, 1.82) is 0 Å². The summed E-state index contributed by atoms with van der Waals surface area (Å²) in [4.78, 5) is 9.11. The molecule has 3 aromatic rings. The molecule has 2 N–H and O–H groups in total. The molecule has 8 heteroatoms. The first-order chi connectivity index (χ1) is 12.1. The molecule has 0 unspecified atom stereocenters. The van der Waals surface area contributed by atoms with Crippen LogP contribution in [0.3, 0.4) is 0 Å². The minimum atomic E-state index is -0.466. The largest absolute Gasteiger partial charge is 0.330 e. The topological polar surface area (TPSA) is 95.7 Å². The van der Waals surface area contributed by atoms with Gasteiger partial charge in [-0.15, -0.1) is 5.10 Å². The Hall–Kier alpha value is -2.25. The molecule has 2 aromatic heterocycles. The van der Waals surface area contributed by atoms with Crippen LogP contribution in [0.1, 0.15) is 49.7 Å². The third kappa shape index (κ3) is 2.46. The van der Waals surface area contributed by atoms with E-state index in [1.165, 1.54) is 0 Å². The van der Waals surface area contributed by atoms with Gasteiger partial charge in [-0.1, -0.05) is 28.9 Å². The van der Waals surface area contributed by atoms with Crippen LogP contribution in [0.4, 0.5) is 0 Å². The number of hydrogen-bond donors (Lipinski definition) is 1. The molecule has 0 aliphatic heterocycles. The Labute approximate surface area is 149 Å². The van der Waals surface area contributed by atoms with E-state index in [4.69, 9.17) is 21.9 Å². The van der Waals surface area contributed by atoms with Crippen LogP contribution in [0.15, 0.2) is 28.8 Å². The smallest absolute Gasteiger partial charge is 0.297 e. The van der Waals surface area contributed by atoms with Crippen molar-refractivity contribution in [2.24, 2.45) is 5.73 Å². The normalized spacial score (nSPS) is 19.0. The second-order valence-electron chi connectivity index (χ2n) is 6.86. The van der Waals surface area contributed by atoms with Gasteiger partial charge in [-0.3, -0.25) is 0 Å². The average Bonchev–Trinajstić information content (AvgIpc) is 3.14. The Morgan fingerprint density at radius 3 is 2.68 bits per heavy atom. The van der Waals surface area contributed by atoms with Crippen molar-refractivity contribution in [1.82, 2.24) is 24.9 Å². The van der Waals surface area contributed by atoms with Crippen molar-refractivity contribution in [3.05, 3.63) is 40.9 Å². The van der Waals surface area contributed by atoms with E-state index in [1.54, 1.807) is 4.68 Å². The molecule has 1 aromatic carbocycles. The van der Waals surface area contributed by atoms with Crippen LogP contribution < -0.4 is 5.73 Å². The maximum absolute atomic E-state index is 6.34. The lowest BCUT2D eigenvalue weighted by Crippen LogP contribution is -2.44. The Morgan fingerprint density at radius 2 is 2.00 bits per heavy atom. The van der Waals surface area contributed by atoms with Gasteiger partial charge in [0.1, 0.15) is 5.82 Å². The zero-order valence-electron chi connectivity index (χ0n) is 13.5. The molecule has 128 valence electrons. The Morgan fingerprint density at radius 1 is 1.20 bits per heavy atom. The summed E-state index contributed by atoms with van der Waals surface area (Å²) in [6.07, 6.45) is 5.04. The van der Waals surface area contributed by atoms with Gasteiger partial charge in [0.2, 0.25) is 5.82 Å². The molecular formula is C17H17ClN6O. The van der Waals surface area contributed by atoms with Gasteiger partial charge in [-0.2, -0.15) is 4.98 Å². The molecule has 7 nitrogen and oxygen atoms in total. The quantitative estimate of drug-likeness (QED) is 0.771. The second-order valence-corrected chi connectivity index (χ2v) is 7.27. The first kappa shape index (κ1) is 15.0. The molecule has 2 aliphatic rings. The van der Waals surface area contributed by atoms with E-state index in [-0.39, 0.29) is 0 Å². The van der Waals surface area contributed by atoms with Crippen molar-refractivity contribution in [2.75, 3.05) is 0 Å². The van der Waals surface area contributed by atoms with Crippen LogP contribution in [0, 0.1) is 0 Å². The summed E-state index contributed by atoms with van der Waals surface area (Å²) in [6.45, 7) is 0. The summed E-state index contributed by atoms with van der Waals surface area (Å²) in [5.41, 5.74) is 6.61. The van der Waals surface area contributed by atoms with E-state index in [0.717, 1.165) is 43.6 Å². The van der Waals surface area contributed by atoms with Crippen LogP contribution in [0.2, 0.25) is 5.02 Å². The van der Waals surface area contributed by atoms with Gasteiger partial charge in [0.05, 0.1) is 16.2 Å². The molecule has 0 radical (unpaired) electrons. The molecule has 5 rings (SSSR count). The number of rotatable bonds is 4. The molecule has 2 saturated carbocycles. The third-order valence-corrected chi connectivity index (χ3v) is 5.28. The molecule has 2 aliphatic carbocycles. The maximum atomic E-state index is 6.34. The number of halogens is 1. The van der Waals surface area contributed by atoms with E-state index in [9.17, 15) is 0 Å². The molecule has 0 amide bonds. The lowest BCUT2D eigenvalue weighted by molar-refractivity contribution is 0.229. The number of para-hydroxylation sites is 1. The van der Waals surface area contributed by atoms with E-state index in [1.807, 2.05) is 24.3 Å². The summed E-state index contributed by atoms with van der Waals surface area (Å²) in [6, 6.07) is 7.59. The SMILES string of the molecule is NC1(c2noc(-c3nc(C4CC4)n(-c4ccccc4Cl)n3)n2)CCC1. The van der Waals surface area contributed by atoms with Gasteiger partial charge in [-0.25, -0.2) is 9.67 Å². The monoisotopic (exact) mass is 356 g/mol. The summed E-state index contributed by atoms with van der Waals surface area (Å²) < 4.78 is 7.19. The van der Waals surface area contributed by atoms with Gasteiger partial charge < -0.3 is 10.3 Å². The highest BCUT2D eigenvalue weighted by molar-refractivity contribution is 6.32. The fourth-order valence-electron chi connectivity index (χ4n) is 3.12. The predicted molar refractivity (Wildman–Crippen MR) is 91.4 cm³/mol. The van der Waals surface area contributed by atoms with Crippen LogP contribution in [-0.2, 0) is 5.54 Å². The summed E-state index contributed by atoms with van der Waals surface area (Å²) in [7, 11) is 0. The van der Waals surface area contributed by atoms with Gasteiger partial charge in [0.15, 0.2) is 5.82 Å². The lowest BCUT2D eigenvalue weighted by Gasteiger charge is -2.34. The number of nitrogens with two attached hydrogens (primary N) is 1. The van der Waals surface area contributed by atoms with Gasteiger partial charge in [-0.05, 0) is 44.2 Å². The first-order valence-corrected chi connectivity index (χ1v) is 8.87. The molecule has 0 atom stereocenters. The fraction of sp³-hybridized carbons (Fsp3) is 0.412. The molecule has 2 heterocycles. The van der Waals surface area contributed by atoms with Gasteiger partial charge in [0, 0.05) is 5.92 Å². The highest BCUT2D eigenvalue weighted by Gasteiger charge is 2.39. The average molecular weight is 357 g/mol. The van der Waals surface area contributed by atoms with Crippen molar-refractivity contribution < 1.29 is 4.52 Å². The van der Waals surface area contributed by atoms with Crippen molar-refractivity contribution in [2.45, 2.75) is 43.6 Å². The molecule has 0 bridgehead atoms. The van der Waals surface area contributed by atoms with Crippen LogP contribution in [0.25, 0.3) is 17.4 Å². The molecule has 0 spiro atoms. The first-order valence-electron chi connectivity index (χ1n) is 8.49. The Bertz CT molecular complexity index is 940. The fourth-order valence-corrected chi connectivity index (χ4v) is 3.33. The minimum absolute atomic E-state index is 0.305. The van der Waals surface area contributed by atoms with E-state index in [2.05, 4.69) is 20.2 Å². The van der Waals surface area contributed by atoms with E-state index >= 15 is 0 Å². The van der Waals surface area contributed by atoms with Crippen LogP contribution in [0.5, 0.6) is 0 Å². The zero-order valence-corrected chi connectivity index (χ0v) is 14.3. The van der Waals surface area contributed by atoms with Crippen LogP contribution in [-0.4, -0.2) is 24.9 Å². The number of aromatic nitrogens is 5. The minimum Gasteiger partial charge on any atom is -0.330 e. The summed E-state index contributed by atoms with van der Waals surface area (Å²) in [5.74, 6) is 2.54. The second kappa shape index (κ2) is 5.37. The van der Waals surface area contributed by atoms with Crippen molar-refractivity contribution in [3.8, 4) is 17.4 Å². The van der Waals surface area contributed by atoms with Crippen LogP contribution >= 0.6 is 11.6 Å². The van der Waals surface area contributed by atoms with Gasteiger partial charge in [0.25, 0.3) is 5.89 Å². The summed E-state index contributed by atoms with van der Waals surface area (Å²) in [5, 5.41) is 9.27. The van der Waals surface area contributed by atoms with E-state index < -0.39 is 5.54 Å². The number of nitrogens with zero attached hydrogens (tertiary/aromatic N) is 5. The molecule has 0 saturated heterocycles. The van der Waals surface area contributed by atoms with Crippen molar-refractivity contribution in [3.63, 3.8) is 0 Å². The highest BCUT2D eigenvalue weighted by atomic mass is 35.5. The molecular weight excluding hydrogens is 340 g/mol. The Balaban J connectivity index is 1.57. The molecule has 25 heavy (non-hydrogen) atoms. The zero-order chi connectivity index (χ0) is 17.0. The van der Waals surface area contributed by atoms with Gasteiger partial charge >= 0.3 is 0 Å². The van der Waals surface area contributed by atoms with E-state index in [0.29, 0.717) is 28.5 Å². The lowest BCUT2D eigenvalue weighted by atomic mass is 9.77.